The molecule has 1 unspecified atom stereocenters. The van der Waals surface area contributed by atoms with Gasteiger partial charge >= 0.3 is 0 Å². The number of rotatable bonds is 3. The molecule has 2 fully saturated rings. The molecule has 1 atom stereocenters. The van der Waals surface area contributed by atoms with E-state index in [0.717, 1.165) is 25.9 Å². The molecule has 130 valence electrons. The van der Waals surface area contributed by atoms with Gasteiger partial charge in [-0.3, -0.25) is 9.59 Å². The second-order valence-electron chi connectivity index (χ2n) is 6.62. The zero-order chi connectivity index (χ0) is 16.9. The number of carbonyl (C=O) groups excluding carboxylic acids is 2. The topological polar surface area (TPSA) is 70.7 Å². The minimum absolute atomic E-state index is 0.0714. The SMILES string of the molecule is CC1CCN(C(=O)c2ccc(NC(=O)C3COCCN3)cc2)CC1. The molecule has 0 aromatic heterocycles. The number of anilines is 1. The zero-order valence-corrected chi connectivity index (χ0v) is 14.1. The van der Waals surface area contributed by atoms with E-state index in [1.54, 1.807) is 24.3 Å². The number of nitrogens with one attached hydrogen (secondary N) is 2. The van der Waals surface area contributed by atoms with E-state index in [9.17, 15) is 9.59 Å². The molecule has 2 saturated heterocycles. The van der Waals surface area contributed by atoms with Gasteiger partial charge in [0.2, 0.25) is 5.91 Å². The Bertz CT molecular complexity index is 574. The quantitative estimate of drug-likeness (QED) is 0.880. The Hall–Kier alpha value is -1.92. The van der Waals surface area contributed by atoms with Crippen LogP contribution < -0.4 is 10.6 Å². The maximum Gasteiger partial charge on any atom is 0.253 e. The molecule has 2 aliphatic heterocycles. The molecule has 1 aromatic carbocycles. The van der Waals surface area contributed by atoms with Gasteiger partial charge in [-0.05, 0) is 43.0 Å². The number of piperidine rings is 1. The van der Waals surface area contributed by atoms with E-state index < -0.39 is 0 Å². The van der Waals surface area contributed by atoms with Gasteiger partial charge in [-0.1, -0.05) is 6.92 Å². The van der Waals surface area contributed by atoms with Gasteiger partial charge in [0, 0.05) is 30.9 Å². The maximum absolute atomic E-state index is 12.5. The third-order valence-electron chi connectivity index (χ3n) is 4.71. The number of morpholine rings is 1. The maximum atomic E-state index is 12.5. The number of nitrogens with zero attached hydrogens (tertiary/aromatic N) is 1. The number of likely N-dealkylation sites (tertiary alicyclic amines) is 1. The molecule has 2 amide bonds. The molecule has 2 heterocycles. The molecule has 6 nitrogen and oxygen atoms in total. The van der Waals surface area contributed by atoms with Crippen molar-refractivity contribution in [2.75, 3.05) is 38.2 Å². The number of ether oxygens (including phenoxy) is 1. The number of hydrogen-bond acceptors (Lipinski definition) is 4. The van der Waals surface area contributed by atoms with Crippen LogP contribution >= 0.6 is 0 Å². The van der Waals surface area contributed by atoms with E-state index in [4.69, 9.17) is 4.74 Å². The highest BCUT2D eigenvalue weighted by Crippen LogP contribution is 2.19. The van der Waals surface area contributed by atoms with Crippen LogP contribution in [0.2, 0.25) is 0 Å². The molecule has 2 aliphatic rings. The van der Waals surface area contributed by atoms with E-state index in [1.807, 2.05) is 4.90 Å². The number of hydrogen-bond donors (Lipinski definition) is 2. The summed E-state index contributed by atoms with van der Waals surface area (Å²) < 4.78 is 5.29. The Balaban J connectivity index is 1.56. The van der Waals surface area contributed by atoms with Crippen molar-refractivity contribution in [2.45, 2.75) is 25.8 Å². The van der Waals surface area contributed by atoms with Gasteiger partial charge in [0.25, 0.3) is 5.91 Å². The fourth-order valence-corrected chi connectivity index (χ4v) is 3.05. The fourth-order valence-electron chi connectivity index (χ4n) is 3.05. The lowest BCUT2D eigenvalue weighted by molar-refractivity contribution is -0.120. The normalized spacial score (nSPS) is 22.2. The molecule has 3 rings (SSSR count). The van der Waals surface area contributed by atoms with Crippen molar-refractivity contribution in [3.8, 4) is 0 Å². The summed E-state index contributed by atoms with van der Waals surface area (Å²) in [4.78, 5) is 26.5. The van der Waals surface area contributed by atoms with Crippen molar-refractivity contribution >= 4 is 17.5 Å². The van der Waals surface area contributed by atoms with Crippen LogP contribution in [0.5, 0.6) is 0 Å². The summed E-state index contributed by atoms with van der Waals surface area (Å²) in [5.41, 5.74) is 1.36. The molecule has 24 heavy (non-hydrogen) atoms. The number of amides is 2. The summed E-state index contributed by atoms with van der Waals surface area (Å²) in [7, 11) is 0. The first-order valence-corrected chi connectivity index (χ1v) is 8.65. The van der Waals surface area contributed by atoms with E-state index in [0.29, 0.717) is 36.9 Å². The highest BCUT2D eigenvalue weighted by Gasteiger charge is 2.23. The lowest BCUT2D eigenvalue weighted by Crippen LogP contribution is -2.48. The van der Waals surface area contributed by atoms with Crippen LogP contribution in [-0.4, -0.2) is 55.6 Å². The van der Waals surface area contributed by atoms with E-state index in [2.05, 4.69) is 17.6 Å². The van der Waals surface area contributed by atoms with Crippen LogP contribution in [0, 0.1) is 5.92 Å². The first-order chi connectivity index (χ1) is 11.6. The Morgan fingerprint density at radius 2 is 1.92 bits per heavy atom. The lowest BCUT2D eigenvalue weighted by atomic mass is 9.98. The predicted octanol–water partition coefficient (Wildman–Crippen LogP) is 1.49. The third kappa shape index (κ3) is 4.13. The largest absolute Gasteiger partial charge is 0.378 e. The molecule has 2 N–H and O–H groups in total. The Kier molecular flexibility index (Phi) is 5.48. The van der Waals surface area contributed by atoms with E-state index >= 15 is 0 Å². The number of benzene rings is 1. The summed E-state index contributed by atoms with van der Waals surface area (Å²) in [5, 5.41) is 5.97. The van der Waals surface area contributed by atoms with Gasteiger partial charge in [-0.2, -0.15) is 0 Å². The van der Waals surface area contributed by atoms with Gasteiger partial charge in [-0.15, -0.1) is 0 Å². The fraction of sp³-hybridized carbons (Fsp3) is 0.556. The molecule has 0 radical (unpaired) electrons. The molecular weight excluding hydrogens is 306 g/mol. The second-order valence-corrected chi connectivity index (χ2v) is 6.62. The van der Waals surface area contributed by atoms with Gasteiger partial charge < -0.3 is 20.3 Å². The summed E-state index contributed by atoms with van der Waals surface area (Å²) >= 11 is 0. The van der Waals surface area contributed by atoms with Crippen LogP contribution in [0.25, 0.3) is 0 Å². The predicted molar refractivity (Wildman–Crippen MR) is 92.0 cm³/mol. The van der Waals surface area contributed by atoms with Crippen molar-refractivity contribution in [3.63, 3.8) is 0 Å². The Morgan fingerprint density at radius 1 is 1.21 bits per heavy atom. The standard InChI is InChI=1S/C18H25N3O3/c1-13-6-9-21(10-7-13)18(23)14-2-4-15(5-3-14)20-17(22)16-12-24-11-8-19-16/h2-5,13,16,19H,6-12H2,1H3,(H,20,22). The van der Waals surface area contributed by atoms with Crippen molar-refractivity contribution < 1.29 is 14.3 Å². The minimum Gasteiger partial charge on any atom is -0.378 e. The summed E-state index contributed by atoms with van der Waals surface area (Å²) in [6.45, 7) is 5.58. The van der Waals surface area contributed by atoms with Gasteiger partial charge in [0.15, 0.2) is 0 Å². The van der Waals surface area contributed by atoms with Crippen LogP contribution in [0.3, 0.4) is 0 Å². The van der Waals surface area contributed by atoms with Gasteiger partial charge in [0.05, 0.1) is 13.2 Å². The lowest BCUT2D eigenvalue weighted by Gasteiger charge is -2.30. The summed E-state index contributed by atoms with van der Waals surface area (Å²) in [5.74, 6) is 0.657. The summed E-state index contributed by atoms with van der Waals surface area (Å²) in [6.07, 6.45) is 2.13. The van der Waals surface area contributed by atoms with Crippen LogP contribution in [0.1, 0.15) is 30.1 Å². The highest BCUT2D eigenvalue weighted by atomic mass is 16.5. The first-order valence-electron chi connectivity index (χ1n) is 8.65. The summed E-state index contributed by atoms with van der Waals surface area (Å²) in [6, 6.07) is 6.79. The molecule has 1 aromatic rings. The van der Waals surface area contributed by atoms with Crippen LogP contribution in [-0.2, 0) is 9.53 Å². The Labute approximate surface area is 142 Å². The van der Waals surface area contributed by atoms with Crippen molar-refractivity contribution in [1.82, 2.24) is 10.2 Å². The molecule has 0 bridgehead atoms. The van der Waals surface area contributed by atoms with Crippen molar-refractivity contribution in [3.05, 3.63) is 29.8 Å². The van der Waals surface area contributed by atoms with Gasteiger partial charge in [-0.25, -0.2) is 0 Å². The minimum atomic E-state index is -0.324. The second kappa shape index (κ2) is 7.77. The highest BCUT2D eigenvalue weighted by molar-refractivity contribution is 5.97. The third-order valence-corrected chi connectivity index (χ3v) is 4.71. The van der Waals surface area contributed by atoms with E-state index in [-0.39, 0.29) is 17.9 Å². The average molecular weight is 331 g/mol. The first kappa shape index (κ1) is 16.9. The average Bonchev–Trinajstić information content (AvgIpc) is 2.63. The molecule has 0 aliphatic carbocycles. The Morgan fingerprint density at radius 3 is 2.54 bits per heavy atom. The zero-order valence-electron chi connectivity index (χ0n) is 14.1. The van der Waals surface area contributed by atoms with Crippen LogP contribution in [0.15, 0.2) is 24.3 Å². The van der Waals surface area contributed by atoms with Crippen molar-refractivity contribution in [2.24, 2.45) is 5.92 Å². The molecule has 0 saturated carbocycles. The monoisotopic (exact) mass is 331 g/mol. The van der Waals surface area contributed by atoms with E-state index in [1.165, 1.54) is 0 Å². The van der Waals surface area contributed by atoms with Crippen molar-refractivity contribution in [1.29, 1.82) is 0 Å². The van der Waals surface area contributed by atoms with Gasteiger partial charge in [0.1, 0.15) is 6.04 Å². The number of carbonyl (C=O) groups is 2. The molecule has 6 heteroatoms. The molecular formula is C18H25N3O3. The smallest absolute Gasteiger partial charge is 0.253 e. The molecule has 0 spiro atoms. The van der Waals surface area contributed by atoms with Crippen LogP contribution in [0.4, 0.5) is 5.69 Å².